The second kappa shape index (κ2) is 5.87. The van der Waals surface area contributed by atoms with E-state index < -0.39 is 17.7 Å². The van der Waals surface area contributed by atoms with Gasteiger partial charge in [-0.2, -0.15) is 0 Å². The van der Waals surface area contributed by atoms with E-state index in [4.69, 9.17) is 28.9 Å². The maximum atomic E-state index is 13.1. The van der Waals surface area contributed by atoms with Crippen LogP contribution in [-0.4, -0.2) is 0 Å². The van der Waals surface area contributed by atoms with Gasteiger partial charge in [-0.25, -0.2) is 8.78 Å². The Bertz CT molecular complexity index is 582. The van der Waals surface area contributed by atoms with Crippen LogP contribution < -0.4 is 5.73 Å². The Labute approximate surface area is 119 Å². The van der Waals surface area contributed by atoms with Crippen molar-refractivity contribution in [2.75, 3.05) is 0 Å². The van der Waals surface area contributed by atoms with Gasteiger partial charge in [-0.3, -0.25) is 0 Å². The predicted octanol–water partition coefficient (Wildman–Crippen LogP) is 4.51. The van der Waals surface area contributed by atoms with Gasteiger partial charge in [-0.05, 0) is 41.8 Å². The Morgan fingerprint density at radius 1 is 0.947 bits per heavy atom. The first-order valence-electron chi connectivity index (χ1n) is 5.61. The summed E-state index contributed by atoms with van der Waals surface area (Å²) in [6.07, 6.45) is 0.312. The summed E-state index contributed by atoms with van der Waals surface area (Å²) in [5.41, 5.74) is 7.26. The fourth-order valence-corrected chi connectivity index (χ4v) is 2.15. The summed E-state index contributed by atoms with van der Waals surface area (Å²) < 4.78 is 26.2. The summed E-state index contributed by atoms with van der Waals surface area (Å²) in [6.45, 7) is 0. The molecule has 1 unspecified atom stereocenters. The first kappa shape index (κ1) is 14.3. The van der Waals surface area contributed by atoms with Crippen LogP contribution in [0.1, 0.15) is 17.2 Å². The minimum atomic E-state index is -0.615. The topological polar surface area (TPSA) is 26.0 Å². The lowest BCUT2D eigenvalue weighted by molar-refractivity contribution is 0.576. The molecule has 1 atom stereocenters. The Morgan fingerprint density at radius 3 is 2.16 bits per heavy atom. The van der Waals surface area contributed by atoms with Crippen molar-refractivity contribution in [3.05, 3.63) is 69.2 Å². The molecule has 0 bridgehead atoms. The molecular formula is C14H11Cl2F2N. The van der Waals surface area contributed by atoms with E-state index in [0.717, 1.165) is 11.6 Å². The molecule has 19 heavy (non-hydrogen) atoms. The molecule has 2 rings (SSSR count). The van der Waals surface area contributed by atoms with E-state index >= 15 is 0 Å². The summed E-state index contributed by atoms with van der Waals surface area (Å²) in [5, 5.41) is 0.842. The van der Waals surface area contributed by atoms with Gasteiger partial charge in [0.25, 0.3) is 0 Å². The molecule has 1 nitrogen and oxygen atoms in total. The van der Waals surface area contributed by atoms with Crippen molar-refractivity contribution in [1.82, 2.24) is 0 Å². The van der Waals surface area contributed by atoms with Gasteiger partial charge in [0.05, 0.1) is 10.0 Å². The van der Waals surface area contributed by atoms with E-state index in [-0.39, 0.29) is 0 Å². The summed E-state index contributed by atoms with van der Waals surface area (Å²) in [4.78, 5) is 0. The molecule has 0 saturated heterocycles. The standard InChI is InChI=1S/C14H11Cl2F2N/c15-12-2-1-9(6-13(12)16)14(19)5-8-3-10(17)7-11(18)4-8/h1-4,6-7,14H,5,19H2. The van der Waals surface area contributed by atoms with Crippen LogP contribution in [0.25, 0.3) is 0 Å². The van der Waals surface area contributed by atoms with Crippen LogP contribution in [0.4, 0.5) is 8.78 Å². The zero-order chi connectivity index (χ0) is 14.0. The minimum absolute atomic E-state index is 0.312. The molecule has 100 valence electrons. The van der Waals surface area contributed by atoms with Gasteiger partial charge >= 0.3 is 0 Å². The van der Waals surface area contributed by atoms with Crippen molar-refractivity contribution in [2.45, 2.75) is 12.5 Å². The number of nitrogens with two attached hydrogens (primary N) is 1. The summed E-state index contributed by atoms with van der Waals surface area (Å²) >= 11 is 11.7. The fourth-order valence-electron chi connectivity index (χ4n) is 1.84. The highest BCUT2D eigenvalue weighted by Crippen LogP contribution is 2.26. The zero-order valence-electron chi connectivity index (χ0n) is 9.84. The number of halogens is 4. The van der Waals surface area contributed by atoms with E-state index in [1.807, 2.05) is 0 Å². The SMILES string of the molecule is NC(Cc1cc(F)cc(F)c1)c1ccc(Cl)c(Cl)c1. The van der Waals surface area contributed by atoms with Gasteiger partial charge in [0, 0.05) is 12.1 Å². The zero-order valence-corrected chi connectivity index (χ0v) is 11.3. The molecule has 0 radical (unpaired) electrons. The smallest absolute Gasteiger partial charge is 0.126 e. The predicted molar refractivity (Wildman–Crippen MR) is 73.5 cm³/mol. The highest BCUT2D eigenvalue weighted by Gasteiger charge is 2.10. The van der Waals surface area contributed by atoms with Gasteiger partial charge in [-0.1, -0.05) is 29.3 Å². The minimum Gasteiger partial charge on any atom is -0.324 e. The van der Waals surface area contributed by atoms with E-state index in [2.05, 4.69) is 0 Å². The molecule has 0 saturated carbocycles. The molecule has 0 aliphatic rings. The molecule has 0 spiro atoms. The van der Waals surface area contributed by atoms with Gasteiger partial charge in [-0.15, -0.1) is 0 Å². The van der Waals surface area contributed by atoms with E-state index in [0.29, 0.717) is 22.0 Å². The van der Waals surface area contributed by atoms with Gasteiger partial charge in [0.15, 0.2) is 0 Å². The molecule has 0 heterocycles. The lowest BCUT2D eigenvalue weighted by Crippen LogP contribution is -2.13. The highest BCUT2D eigenvalue weighted by molar-refractivity contribution is 6.42. The molecule has 2 aromatic carbocycles. The Balaban J connectivity index is 2.20. The van der Waals surface area contributed by atoms with Crippen LogP contribution >= 0.6 is 23.2 Å². The van der Waals surface area contributed by atoms with Gasteiger partial charge in [0.1, 0.15) is 11.6 Å². The normalized spacial score (nSPS) is 12.5. The second-order valence-electron chi connectivity index (χ2n) is 4.26. The Kier molecular flexibility index (Phi) is 4.40. The molecule has 0 aromatic heterocycles. The van der Waals surface area contributed by atoms with Crippen molar-refractivity contribution < 1.29 is 8.78 Å². The third kappa shape index (κ3) is 3.66. The van der Waals surface area contributed by atoms with Crippen LogP contribution in [0.5, 0.6) is 0 Å². The van der Waals surface area contributed by atoms with Crippen molar-refractivity contribution in [2.24, 2.45) is 5.73 Å². The molecular weight excluding hydrogens is 291 g/mol. The maximum Gasteiger partial charge on any atom is 0.126 e. The van der Waals surface area contributed by atoms with Crippen LogP contribution in [0.15, 0.2) is 36.4 Å². The van der Waals surface area contributed by atoms with Crippen LogP contribution in [0.2, 0.25) is 10.0 Å². The van der Waals surface area contributed by atoms with E-state index in [1.165, 1.54) is 12.1 Å². The monoisotopic (exact) mass is 301 g/mol. The molecule has 0 aliphatic carbocycles. The van der Waals surface area contributed by atoms with Crippen molar-refractivity contribution in [3.8, 4) is 0 Å². The lowest BCUT2D eigenvalue weighted by Gasteiger charge is -2.13. The molecule has 0 amide bonds. The quantitative estimate of drug-likeness (QED) is 0.886. The average molecular weight is 302 g/mol. The summed E-state index contributed by atoms with van der Waals surface area (Å²) in [6, 6.07) is 8.00. The lowest BCUT2D eigenvalue weighted by atomic mass is 9.99. The second-order valence-corrected chi connectivity index (χ2v) is 5.08. The average Bonchev–Trinajstić information content (AvgIpc) is 2.31. The first-order chi connectivity index (χ1) is 8.95. The van der Waals surface area contributed by atoms with Crippen molar-refractivity contribution in [3.63, 3.8) is 0 Å². The fraction of sp³-hybridized carbons (Fsp3) is 0.143. The Morgan fingerprint density at radius 2 is 1.58 bits per heavy atom. The maximum absolute atomic E-state index is 13.1. The molecule has 0 fully saturated rings. The number of hydrogen-bond acceptors (Lipinski definition) is 1. The van der Waals surface area contributed by atoms with E-state index in [9.17, 15) is 8.78 Å². The van der Waals surface area contributed by atoms with Crippen LogP contribution in [0.3, 0.4) is 0 Å². The molecule has 2 N–H and O–H groups in total. The van der Waals surface area contributed by atoms with Crippen LogP contribution in [-0.2, 0) is 6.42 Å². The number of hydrogen-bond donors (Lipinski definition) is 1. The van der Waals surface area contributed by atoms with Crippen molar-refractivity contribution in [1.29, 1.82) is 0 Å². The van der Waals surface area contributed by atoms with Gasteiger partial charge in [0.2, 0.25) is 0 Å². The third-order valence-corrected chi connectivity index (χ3v) is 3.49. The van der Waals surface area contributed by atoms with Crippen LogP contribution in [0, 0.1) is 11.6 Å². The number of benzene rings is 2. The third-order valence-electron chi connectivity index (χ3n) is 2.75. The number of rotatable bonds is 3. The molecule has 0 aliphatic heterocycles. The molecule has 2 aromatic rings. The van der Waals surface area contributed by atoms with Crippen molar-refractivity contribution >= 4 is 23.2 Å². The van der Waals surface area contributed by atoms with Gasteiger partial charge < -0.3 is 5.73 Å². The summed E-state index contributed by atoms with van der Waals surface area (Å²) in [5.74, 6) is -1.23. The Hall–Kier alpha value is -1.16. The highest BCUT2D eigenvalue weighted by atomic mass is 35.5. The summed E-state index contributed by atoms with van der Waals surface area (Å²) in [7, 11) is 0. The molecule has 5 heteroatoms. The largest absolute Gasteiger partial charge is 0.324 e. The first-order valence-corrected chi connectivity index (χ1v) is 6.37. The van der Waals surface area contributed by atoms with E-state index in [1.54, 1.807) is 18.2 Å².